The molecular formula is C18H16BrN3O2S. The normalized spacial score (nSPS) is 10.5. The second kappa shape index (κ2) is 7.76. The van der Waals surface area contributed by atoms with Crippen LogP contribution < -0.4 is 9.64 Å². The van der Waals surface area contributed by atoms with Gasteiger partial charge >= 0.3 is 0 Å². The van der Waals surface area contributed by atoms with Crippen molar-refractivity contribution in [1.29, 1.82) is 0 Å². The van der Waals surface area contributed by atoms with Crippen molar-refractivity contribution in [2.45, 2.75) is 6.92 Å². The zero-order valence-electron chi connectivity index (χ0n) is 13.8. The van der Waals surface area contributed by atoms with Gasteiger partial charge in [0.2, 0.25) is 5.13 Å². The van der Waals surface area contributed by atoms with Crippen molar-refractivity contribution in [2.24, 2.45) is 0 Å². The van der Waals surface area contributed by atoms with Crippen molar-refractivity contribution in [1.82, 2.24) is 10.2 Å². The van der Waals surface area contributed by atoms with Crippen LogP contribution >= 0.6 is 27.3 Å². The lowest BCUT2D eigenvalue weighted by Crippen LogP contribution is -2.26. The fraction of sp³-hybridized carbons (Fsp3) is 0.167. The number of hydrogen-bond acceptors (Lipinski definition) is 5. The van der Waals surface area contributed by atoms with Crippen LogP contribution in [-0.4, -0.2) is 29.8 Å². The van der Waals surface area contributed by atoms with Gasteiger partial charge in [-0.25, -0.2) is 0 Å². The summed E-state index contributed by atoms with van der Waals surface area (Å²) >= 11 is 4.79. The SMILES string of the molecule is CCOc1cccc(C(=O)N(C)c2nnc(-c3ccc(Br)cc3)s2)c1. The fourth-order valence-electron chi connectivity index (χ4n) is 2.23. The van der Waals surface area contributed by atoms with Gasteiger partial charge in [0.1, 0.15) is 10.8 Å². The number of nitrogens with zero attached hydrogens (tertiary/aromatic N) is 3. The number of benzene rings is 2. The van der Waals surface area contributed by atoms with E-state index in [-0.39, 0.29) is 5.91 Å². The van der Waals surface area contributed by atoms with Crippen LogP contribution in [0, 0.1) is 0 Å². The van der Waals surface area contributed by atoms with Crippen LogP contribution in [0.3, 0.4) is 0 Å². The Hall–Kier alpha value is -2.25. The highest BCUT2D eigenvalue weighted by molar-refractivity contribution is 9.10. The van der Waals surface area contributed by atoms with E-state index >= 15 is 0 Å². The summed E-state index contributed by atoms with van der Waals surface area (Å²) in [5.74, 6) is 0.523. The molecular weight excluding hydrogens is 402 g/mol. The molecule has 0 aliphatic heterocycles. The number of carbonyl (C=O) groups excluding carboxylic acids is 1. The first-order valence-corrected chi connectivity index (χ1v) is 9.30. The average Bonchev–Trinajstić information content (AvgIpc) is 3.12. The predicted molar refractivity (Wildman–Crippen MR) is 103 cm³/mol. The molecule has 128 valence electrons. The quantitative estimate of drug-likeness (QED) is 0.606. The van der Waals surface area contributed by atoms with E-state index in [0.717, 1.165) is 15.0 Å². The van der Waals surface area contributed by atoms with Crippen LogP contribution in [-0.2, 0) is 0 Å². The van der Waals surface area contributed by atoms with Gasteiger partial charge in [-0.1, -0.05) is 45.5 Å². The summed E-state index contributed by atoms with van der Waals surface area (Å²) in [5, 5.41) is 9.66. The minimum absolute atomic E-state index is 0.153. The van der Waals surface area contributed by atoms with Crippen LogP contribution in [0.25, 0.3) is 10.6 Å². The Morgan fingerprint density at radius 2 is 1.96 bits per heavy atom. The Labute approximate surface area is 158 Å². The molecule has 0 aliphatic rings. The van der Waals surface area contributed by atoms with Crippen LogP contribution in [0.2, 0.25) is 0 Å². The number of aromatic nitrogens is 2. The van der Waals surface area contributed by atoms with E-state index in [0.29, 0.717) is 23.1 Å². The second-order valence-electron chi connectivity index (χ2n) is 5.22. The number of ether oxygens (including phenoxy) is 1. The van der Waals surface area contributed by atoms with E-state index < -0.39 is 0 Å². The summed E-state index contributed by atoms with van der Waals surface area (Å²) in [6.07, 6.45) is 0. The van der Waals surface area contributed by atoms with Crippen LogP contribution in [0.5, 0.6) is 5.75 Å². The Morgan fingerprint density at radius 3 is 2.68 bits per heavy atom. The highest BCUT2D eigenvalue weighted by atomic mass is 79.9. The van der Waals surface area contributed by atoms with Crippen molar-refractivity contribution in [3.8, 4) is 16.3 Å². The molecule has 3 rings (SSSR count). The van der Waals surface area contributed by atoms with Gasteiger partial charge in [0.05, 0.1) is 6.61 Å². The third-order valence-corrected chi connectivity index (χ3v) is 5.07. The lowest BCUT2D eigenvalue weighted by molar-refractivity contribution is 0.0992. The summed E-state index contributed by atoms with van der Waals surface area (Å²) < 4.78 is 6.46. The smallest absolute Gasteiger partial charge is 0.259 e. The maximum atomic E-state index is 12.7. The van der Waals surface area contributed by atoms with Crippen LogP contribution in [0.1, 0.15) is 17.3 Å². The van der Waals surface area contributed by atoms with Crippen LogP contribution in [0.4, 0.5) is 5.13 Å². The van der Waals surface area contributed by atoms with Gasteiger partial charge in [0.25, 0.3) is 5.91 Å². The molecule has 7 heteroatoms. The number of rotatable bonds is 5. The highest BCUT2D eigenvalue weighted by Gasteiger charge is 2.18. The number of halogens is 1. The van der Waals surface area contributed by atoms with Crippen LogP contribution in [0.15, 0.2) is 53.0 Å². The van der Waals surface area contributed by atoms with E-state index in [1.807, 2.05) is 37.3 Å². The maximum Gasteiger partial charge on any atom is 0.259 e. The molecule has 25 heavy (non-hydrogen) atoms. The van der Waals surface area contributed by atoms with E-state index in [1.165, 1.54) is 16.2 Å². The lowest BCUT2D eigenvalue weighted by Gasteiger charge is -2.13. The fourth-order valence-corrected chi connectivity index (χ4v) is 3.30. The first-order chi connectivity index (χ1) is 12.1. The number of anilines is 1. The zero-order valence-corrected chi connectivity index (χ0v) is 16.2. The molecule has 0 atom stereocenters. The van der Waals surface area contributed by atoms with E-state index in [4.69, 9.17) is 4.74 Å². The monoisotopic (exact) mass is 417 g/mol. The predicted octanol–water partition coefficient (Wildman–Crippen LogP) is 4.64. The summed E-state index contributed by atoms with van der Waals surface area (Å²) in [6, 6.07) is 15.0. The van der Waals surface area contributed by atoms with Gasteiger partial charge in [-0.05, 0) is 37.3 Å². The minimum Gasteiger partial charge on any atom is -0.494 e. The Kier molecular flexibility index (Phi) is 5.45. The molecule has 5 nitrogen and oxygen atoms in total. The van der Waals surface area contributed by atoms with Crippen molar-refractivity contribution >= 4 is 38.3 Å². The Morgan fingerprint density at radius 1 is 1.20 bits per heavy atom. The van der Waals surface area contributed by atoms with Crippen molar-refractivity contribution < 1.29 is 9.53 Å². The summed E-state index contributed by atoms with van der Waals surface area (Å²) in [6.45, 7) is 2.46. The number of amides is 1. The third-order valence-electron chi connectivity index (χ3n) is 3.49. The van der Waals surface area contributed by atoms with E-state index in [1.54, 1.807) is 25.2 Å². The molecule has 0 radical (unpaired) electrons. The first kappa shape index (κ1) is 17.6. The van der Waals surface area contributed by atoms with Crippen molar-refractivity contribution in [2.75, 3.05) is 18.6 Å². The molecule has 0 bridgehead atoms. The van der Waals surface area contributed by atoms with Gasteiger partial charge < -0.3 is 4.74 Å². The minimum atomic E-state index is -0.153. The molecule has 0 fully saturated rings. The van der Waals surface area contributed by atoms with Crippen molar-refractivity contribution in [3.63, 3.8) is 0 Å². The molecule has 0 saturated heterocycles. The molecule has 1 heterocycles. The van der Waals surface area contributed by atoms with E-state index in [9.17, 15) is 4.79 Å². The summed E-state index contributed by atoms with van der Waals surface area (Å²) in [7, 11) is 1.70. The Balaban J connectivity index is 1.81. The molecule has 0 spiro atoms. The molecule has 0 aliphatic carbocycles. The highest BCUT2D eigenvalue weighted by Crippen LogP contribution is 2.29. The zero-order chi connectivity index (χ0) is 17.8. The van der Waals surface area contributed by atoms with Gasteiger partial charge in [-0.15, -0.1) is 10.2 Å². The topological polar surface area (TPSA) is 55.3 Å². The summed E-state index contributed by atoms with van der Waals surface area (Å²) in [5.41, 5.74) is 1.51. The van der Waals surface area contributed by atoms with Gasteiger partial charge in [0.15, 0.2) is 0 Å². The number of carbonyl (C=O) groups is 1. The first-order valence-electron chi connectivity index (χ1n) is 7.69. The standard InChI is InChI=1S/C18H16BrN3O2S/c1-3-24-15-6-4-5-13(11-15)17(23)22(2)18-21-20-16(25-18)12-7-9-14(19)10-8-12/h4-11H,3H2,1-2H3. The molecule has 1 aromatic heterocycles. The third kappa shape index (κ3) is 4.05. The molecule has 0 unspecified atom stereocenters. The molecule has 1 amide bonds. The maximum absolute atomic E-state index is 12.7. The van der Waals surface area contributed by atoms with Crippen molar-refractivity contribution in [3.05, 3.63) is 58.6 Å². The molecule has 0 N–H and O–H groups in total. The van der Waals surface area contributed by atoms with E-state index in [2.05, 4.69) is 26.1 Å². The van der Waals surface area contributed by atoms with Gasteiger partial charge in [-0.3, -0.25) is 9.69 Å². The van der Waals surface area contributed by atoms with Gasteiger partial charge in [-0.2, -0.15) is 0 Å². The number of hydrogen-bond donors (Lipinski definition) is 0. The molecule has 3 aromatic rings. The molecule has 2 aromatic carbocycles. The largest absolute Gasteiger partial charge is 0.494 e. The Bertz CT molecular complexity index is 880. The second-order valence-corrected chi connectivity index (χ2v) is 7.09. The van der Waals surface area contributed by atoms with Gasteiger partial charge in [0, 0.05) is 22.6 Å². The average molecular weight is 418 g/mol. The lowest BCUT2D eigenvalue weighted by atomic mass is 10.2. The molecule has 0 saturated carbocycles. The summed E-state index contributed by atoms with van der Waals surface area (Å²) in [4.78, 5) is 14.2.